The van der Waals surface area contributed by atoms with E-state index in [1.807, 2.05) is 50.2 Å². The van der Waals surface area contributed by atoms with Crippen LogP contribution in [0.5, 0.6) is 5.75 Å². The molecule has 2 heterocycles. The molecular formula is C20H20N2O3. The van der Waals surface area contributed by atoms with Crippen molar-refractivity contribution in [3.05, 3.63) is 77.5 Å². The summed E-state index contributed by atoms with van der Waals surface area (Å²) in [5.41, 5.74) is 1.64. The Morgan fingerprint density at radius 1 is 1.28 bits per heavy atom. The minimum absolute atomic E-state index is 0.103. The van der Waals surface area contributed by atoms with Crippen LogP contribution >= 0.6 is 0 Å². The largest absolute Gasteiger partial charge is 0.485 e. The Morgan fingerprint density at radius 2 is 2.12 bits per heavy atom. The number of aryl methyl sites for hydroxylation is 2. The maximum atomic E-state index is 12.1. The lowest BCUT2D eigenvalue weighted by molar-refractivity contribution is 0.104. The number of carbonyl (C=O) groups is 1. The highest BCUT2D eigenvalue weighted by molar-refractivity contribution is 6.06. The number of allylic oxidation sites excluding steroid dienone is 1. The van der Waals surface area contributed by atoms with Crippen molar-refractivity contribution < 1.29 is 13.9 Å². The topological polar surface area (TPSA) is 57.3 Å². The van der Waals surface area contributed by atoms with Gasteiger partial charge in [0, 0.05) is 12.7 Å². The number of furan rings is 1. The molecule has 3 aromatic rings. The Morgan fingerprint density at radius 3 is 2.88 bits per heavy atom. The molecule has 0 aliphatic carbocycles. The molecule has 0 fully saturated rings. The Kier molecular flexibility index (Phi) is 5.14. The van der Waals surface area contributed by atoms with Crippen LogP contribution in [0.1, 0.15) is 34.4 Å². The quantitative estimate of drug-likeness (QED) is 0.477. The van der Waals surface area contributed by atoms with E-state index in [1.54, 1.807) is 23.2 Å². The molecule has 0 atom stereocenters. The van der Waals surface area contributed by atoms with Gasteiger partial charge in [-0.25, -0.2) is 0 Å². The van der Waals surface area contributed by atoms with Crippen LogP contribution in [0.15, 0.2) is 59.3 Å². The number of benzene rings is 1. The van der Waals surface area contributed by atoms with Crippen molar-refractivity contribution in [2.75, 3.05) is 0 Å². The molecule has 25 heavy (non-hydrogen) atoms. The molecule has 3 rings (SSSR count). The van der Waals surface area contributed by atoms with Crippen LogP contribution in [0.2, 0.25) is 0 Å². The minimum atomic E-state index is -0.103. The summed E-state index contributed by atoms with van der Waals surface area (Å²) in [6, 6.07) is 11.5. The van der Waals surface area contributed by atoms with E-state index in [-0.39, 0.29) is 5.78 Å². The molecule has 5 nitrogen and oxygen atoms in total. The average molecular weight is 336 g/mol. The van der Waals surface area contributed by atoms with Crippen molar-refractivity contribution in [1.82, 2.24) is 9.78 Å². The molecule has 0 saturated heterocycles. The summed E-state index contributed by atoms with van der Waals surface area (Å²) >= 11 is 0. The Bertz CT molecular complexity index is 890. The summed E-state index contributed by atoms with van der Waals surface area (Å²) < 4.78 is 13.1. The monoisotopic (exact) mass is 336 g/mol. The lowest BCUT2D eigenvalue weighted by atomic mass is 10.2. The van der Waals surface area contributed by atoms with Crippen LogP contribution in [0, 0.1) is 6.92 Å². The molecule has 0 bridgehead atoms. The molecule has 128 valence electrons. The van der Waals surface area contributed by atoms with Gasteiger partial charge in [-0.2, -0.15) is 5.10 Å². The number of ketones is 1. The fourth-order valence-electron chi connectivity index (χ4n) is 2.35. The van der Waals surface area contributed by atoms with Crippen molar-refractivity contribution in [3.63, 3.8) is 0 Å². The third-order valence-corrected chi connectivity index (χ3v) is 3.79. The number of nitrogens with zero attached hydrogens (tertiary/aromatic N) is 2. The lowest BCUT2D eigenvalue weighted by Gasteiger charge is -2.06. The third-order valence-electron chi connectivity index (χ3n) is 3.79. The smallest absolute Gasteiger partial charge is 0.189 e. The van der Waals surface area contributed by atoms with E-state index in [0.29, 0.717) is 23.7 Å². The zero-order chi connectivity index (χ0) is 17.6. The number of rotatable bonds is 7. The second kappa shape index (κ2) is 7.66. The van der Waals surface area contributed by atoms with E-state index in [0.717, 1.165) is 17.9 Å². The molecule has 2 aromatic heterocycles. The van der Waals surface area contributed by atoms with Crippen molar-refractivity contribution in [2.24, 2.45) is 0 Å². The fourth-order valence-corrected chi connectivity index (χ4v) is 2.35. The predicted molar refractivity (Wildman–Crippen MR) is 95.5 cm³/mol. The van der Waals surface area contributed by atoms with E-state index >= 15 is 0 Å². The summed E-state index contributed by atoms with van der Waals surface area (Å²) in [5.74, 6) is 2.04. The van der Waals surface area contributed by atoms with Gasteiger partial charge in [0.2, 0.25) is 0 Å². The van der Waals surface area contributed by atoms with Crippen LogP contribution in [-0.2, 0) is 13.2 Å². The number of carbonyl (C=O) groups excluding carboxylic acids is 1. The van der Waals surface area contributed by atoms with Gasteiger partial charge in [-0.3, -0.25) is 9.48 Å². The predicted octanol–water partition coefficient (Wildman–Crippen LogP) is 4.28. The van der Waals surface area contributed by atoms with Gasteiger partial charge in [0.25, 0.3) is 0 Å². The first-order chi connectivity index (χ1) is 12.2. The van der Waals surface area contributed by atoms with Crippen molar-refractivity contribution in [1.29, 1.82) is 0 Å². The first-order valence-corrected chi connectivity index (χ1v) is 8.17. The van der Waals surface area contributed by atoms with Crippen LogP contribution in [0.3, 0.4) is 0 Å². The first kappa shape index (κ1) is 16.8. The number of hydrogen-bond donors (Lipinski definition) is 0. The molecule has 0 spiro atoms. The maximum absolute atomic E-state index is 12.1. The first-order valence-electron chi connectivity index (χ1n) is 8.17. The standard InChI is InChI=1S/C20H20N2O3/c1-3-22-13-16(12-21-22)19(23)11-10-17-8-9-18(25-17)14-24-20-7-5-4-6-15(20)2/h4-13H,3,14H2,1-2H3/b11-10+. The summed E-state index contributed by atoms with van der Waals surface area (Å²) in [5, 5.41) is 4.10. The molecule has 0 radical (unpaired) electrons. The number of para-hydroxylation sites is 1. The molecule has 0 aliphatic rings. The molecule has 5 heteroatoms. The van der Waals surface area contributed by atoms with E-state index < -0.39 is 0 Å². The van der Waals surface area contributed by atoms with Crippen LogP contribution in [0.4, 0.5) is 0 Å². The summed E-state index contributed by atoms with van der Waals surface area (Å²) in [7, 11) is 0. The highest BCUT2D eigenvalue weighted by atomic mass is 16.5. The normalized spacial score (nSPS) is 11.1. The van der Waals surface area contributed by atoms with Gasteiger partial charge in [0.05, 0.1) is 11.8 Å². The van der Waals surface area contributed by atoms with Gasteiger partial charge in [-0.1, -0.05) is 18.2 Å². The second-order valence-corrected chi connectivity index (χ2v) is 5.64. The zero-order valence-corrected chi connectivity index (χ0v) is 14.3. The molecule has 0 amide bonds. The highest BCUT2D eigenvalue weighted by Gasteiger charge is 2.06. The van der Waals surface area contributed by atoms with Gasteiger partial charge < -0.3 is 9.15 Å². The van der Waals surface area contributed by atoms with E-state index in [2.05, 4.69) is 5.10 Å². The van der Waals surface area contributed by atoms with Gasteiger partial charge in [0.15, 0.2) is 5.78 Å². The summed E-state index contributed by atoms with van der Waals surface area (Å²) in [6.45, 7) is 5.05. The third kappa shape index (κ3) is 4.26. The summed E-state index contributed by atoms with van der Waals surface area (Å²) in [4.78, 5) is 12.1. The van der Waals surface area contributed by atoms with Gasteiger partial charge in [-0.05, 0) is 49.8 Å². The van der Waals surface area contributed by atoms with Gasteiger partial charge in [-0.15, -0.1) is 0 Å². The van der Waals surface area contributed by atoms with E-state index in [9.17, 15) is 4.79 Å². The molecule has 1 aromatic carbocycles. The summed E-state index contributed by atoms with van der Waals surface area (Å²) in [6.07, 6.45) is 6.45. The second-order valence-electron chi connectivity index (χ2n) is 5.64. The SMILES string of the molecule is CCn1cc(C(=O)/C=C/c2ccc(COc3ccccc3C)o2)cn1. The molecule has 0 unspecified atom stereocenters. The number of ether oxygens (including phenoxy) is 1. The average Bonchev–Trinajstić information content (AvgIpc) is 3.28. The fraction of sp³-hybridized carbons (Fsp3) is 0.200. The zero-order valence-electron chi connectivity index (χ0n) is 14.3. The molecule has 0 saturated carbocycles. The van der Waals surface area contributed by atoms with Gasteiger partial charge >= 0.3 is 0 Å². The number of hydrogen-bond acceptors (Lipinski definition) is 4. The van der Waals surface area contributed by atoms with Gasteiger partial charge in [0.1, 0.15) is 23.9 Å². The molecular weight excluding hydrogens is 316 g/mol. The number of aromatic nitrogens is 2. The van der Waals surface area contributed by atoms with E-state index in [4.69, 9.17) is 9.15 Å². The van der Waals surface area contributed by atoms with E-state index in [1.165, 1.54) is 6.08 Å². The van der Waals surface area contributed by atoms with Crippen LogP contribution in [0.25, 0.3) is 6.08 Å². The maximum Gasteiger partial charge on any atom is 0.189 e. The molecule has 0 N–H and O–H groups in total. The minimum Gasteiger partial charge on any atom is -0.485 e. The Labute approximate surface area is 146 Å². The van der Waals surface area contributed by atoms with Crippen LogP contribution < -0.4 is 4.74 Å². The van der Waals surface area contributed by atoms with Crippen molar-refractivity contribution >= 4 is 11.9 Å². The molecule has 0 aliphatic heterocycles. The van der Waals surface area contributed by atoms with Crippen molar-refractivity contribution in [2.45, 2.75) is 27.0 Å². The van der Waals surface area contributed by atoms with Crippen molar-refractivity contribution in [3.8, 4) is 5.75 Å². The Hall–Kier alpha value is -3.08. The van der Waals surface area contributed by atoms with Crippen LogP contribution in [-0.4, -0.2) is 15.6 Å². The Balaban J connectivity index is 1.59. The highest BCUT2D eigenvalue weighted by Crippen LogP contribution is 2.19. The lowest BCUT2D eigenvalue weighted by Crippen LogP contribution is -1.95.